The molecule has 3 aliphatic rings. The highest BCUT2D eigenvalue weighted by atomic mass is 79.9. The van der Waals surface area contributed by atoms with Crippen molar-refractivity contribution in [2.24, 2.45) is 0 Å². The van der Waals surface area contributed by atoms with E-state index in [1.165, 1.54) is 89.5 Å². The van der Waals surface area contributed by atoms with E-state index in [2.05, 4.69) is 59.9 Å². The summed E-state index contributed by atoms with van der Waals surface area (Å²) >= 11 is 9.04. The van der Waals surface area contributed by atoms with Gasteiger partial charge in [0.05, 0.1) is 34.6 Å². The van der Waals surface area contributed by atoms with Crippen molar-refractivity contribution in [1.29, 1.82) is 0 Å². The van der Waals surface area contributed by atoms with Crippen LogP contribution < -0.4 is 0 Å². The zero-order chi connectivity index (χ0) is 67.0. The number of aromatic nitrogens is 8. The van der Waals surface area contributed by atoms with Gasteiger partial charge in [-0.2, -0.15) is 0 Å². The number of halogens is 3. The van der Waals surface area contributed by atoms with E-state index in [0.29, 0.717) is 15.7 Å². The molecule has 3 aliphatic heterocycles. The lowest BCUT2D eigenvalue weighted by Gasteiger charge is -2.32. The fourth-order valence-electron chi connectivity index (χ4n) is 8.63. The van der Waals surface area contributed by atoms with Crippen molar-refractivity contribution in [2.75, 3.05) is 58.1 Å². The Morgan fingerprint density at radius 1 is 0.620 bits per heavy atom. The van der Waals surface area contributed by atoms with Gasteiger partial charge in [-0.05, 0) is 123 Å². The largest absolute Gasteiger partial charge is 0.459 e. The molecule has 4 aromatic heterocycles. The van der Waals surface area contributed by atoms with Crippen molar-refractivity contribution in [2.45, 2.75) is 116 Å². The van der Waals surface area contributed by atoms with Crippen LogP contribution in [0.5, 0.6) is 0 Å². The molecule has 7 atom stereocenters. The Morgan fingerprint density at radius 2 is 1.01 bits per heavy atom. The number of carbonyl (C=O) groups is 5. The normalized spacial score (nSPS) is 21.0. The van der Waals surface area contributed by atoms with Crippen LogP contribution in [-0.2, 0) is 43.7 Å². The first-order valence-electron chi connectivity index (χ1n) is 28.7. The summed E-state index contributed by atoms with van der Waals surface area (Å²) in [7, 11) is 0. The zero-order valence-corrected chi connectivity index (χ0v) is 56.7. The first-order chi connectivity index (χ1) is 44.2. The lowest BCUT2D eigenvalue weighted by atomic mass is 9.89. The first-order valence-corrected chi connectivity index (χ1v) is 34.3. The third-order valence-corrected chi connectivity index (χ3v) is 16.1. The number of rotatable bonds is 15. The van der Waals surface area contributed by atoms with E-state index in [0.717, 1.165) is 47.5 Å². The molecule has 2 N–H and O–H groups in total. The number of imidazole rings is 2. The van der Waals surface area contributed by atoms with Gasteiger partial charge in [0.2, 0.25) is 21.7 Å². The fraction of sp³-hybridized carbons (Fsp3) is 0.381. The number of thioether (sulfide) groups is 4. The maximum atomic E-state index is 16.9. The van der Waals surface area contributed by atoms with E-state index in [1.807, 2.05) is 12.5 Å². The molecule has 7 heterocycles. The van der Waals surface area contributed by atoms with Crippen LogP contribution in [0.3, 0.4) is 0 Å². The lowest BCUT2D eigenvalue weighted by molar-refractivity contribution is -0.256. The molecule has 29 heteroatoms. The topological polar surface area (TPSA) is 277 Å². The minimum Gasteiger partial charge on any atom is -0.459 e. The average molecular weight is 1410 g/mol. The predicted octanol–water partition coefficient (Wildman–Crippen LogP) is 11.2. The average Bonchev–Trinajstić information content (AvgIpc) is 1.55. The maximum Gasteiger partial charge on any atom is 0.348 e. The van der Waals surface area contributed by atoms with E-state index in [1.54, 1.807) is 139 Å². The van der Waals surface area contributed by atoms with Gasteiger partial charge in [-0.3, -0.25) is 0 Å². The Labute approximate surface area is 556 Å². The van der Waals surface area contributed by atoms with Gasteiger partial charge in [-0.15, -0.1) is 33.7 Å². The molecule has 0 spiro atoms. The second kappa shape index (κ2) is 35.8. The molecule has 0 saturated carbocycles. The summed E-state index contributed by atoms with van der Waals surface area (Å²) in [5.41, 5.74) is -3.41. The van der Waals surface area contributed by atoms with Gasteiger partial charge in [0, 0.05) is 19.8 Å². The molecular weight excluding hydrogens is 1340 g/mol. The van der Waals surface area contributed by atoms with Crippen molar-refractivity contribution >= 4 is 104 Å². The number of aliphatic hydroxyl groups is 2. The molecule has 4 aromatic carbocycles. The maximum absolute atomic E-state index is 16.9. The van der Waals surface area contributed by atoms with Gasteiger partial charge in [-0.1, -0.05) is 117 Å². The number of cyclic esters (lactones) is 1. The van der Waals surface area contributed by atoms with Crippen molar-refractivity contribution in [1.82, 2.24) is 39.2 Å². The van der Waals surface area contributed by atoms with Crippen LogP contribution in [0.2, 0.25) is 0 Å². The third-order valence-electron chi connectivity index (χ3n) is 13.2. The number of hydrogen-bond donors (Lipinski definition) is 2. The second-order valence-corrected chi connectivity index (χ2v) is 23.9. The number of ether oxygens (including phenoxy) is 7. The first kappa shape index (κ1) is 74.0. The smallest absolute Gasteiger partial charge is 0.348 e. The van der Waals surface area contributed by atoms with E-state index in [4.69, 9.17) is 38.3 Å². The fourth-order valence-corrected chi connectivity index (χ4v) is 10.8. The van der Waals surface area contributed by atoms with Crippen LogP contribution in [0.1, 0.15) is 101 Å². The number of alkyl halides is 2. The molecule has 11 rings (SSSR count). The lowest BCUT2D eigenvalue weighted by Crippen LogP contribution is -2.51. The SMILES string of the molecule is C1CCOC1.CCC.CCO.CSc1nc(SC)c2ncc(Br)n2n1.CSc1nc(SC)c2ncc(C3(O)O[C@H](COC(=O)c4ccccc4)[C@@H](OC(=O)c4ccccc4)[C@@]3(C)F)n2n1.C[C@]1(F)C(=O)O[C@H](COC(=O)c2ccccc2)[C@H]1OC(=O)c1ccccc1. The van der Waals surface area contributed by atoms with E-state index >= 15 is 4.39 Å². The van der Waals surface area contributed by atoms with Gasteiger partial charge in [0.25, 0.3) is 5.79 Å². The highest BCUT2D eigenvalue weighted by molar-refractivity contribution is 9.10. The second-order valence-electron chi connectivity index (χ2n) is 20.0. The Bertz CT molecular complexity index is 3670. The minimum absolute atomic E-state index is 0.141. The quantitative estimate of drug-likeness (QED) is 0.0548. The van der Waals surface area contributed by atoms with Crippen LogP contribution in [0.25, 0.3) is 11.3 Å². The summed E-state index contributed by atoms with van der Waals surface area (Å²) in [6, 6.07) is 32.4. The monoisotopic (exact) mass is 1410 g/mol. The number of carbonyl (C=O) groups excluding carboxylic acids is 5. The van der Waals surface area contributed by atoms with Gasteiger partial charge >= 0.3 is 29.8 Å². The standard InChI is InChI=1S/C27H25FN4O6S2.C20H17FO6.C7H7BrN4S2.C4H8O.C3H8.C2H6O/c1-26(28)20(37-24(34)17-12-8-5-9-13-17)18(15-36-23(33)16-10-6-4-7-11-16)38-27(26,35)19-14-29-21-22(39-2)30-25(40-3)31-32(19)21;1-20(21)16(27-18(23)14-10-6-3-7-11-14)15(26-19(20)24)12-25-17(22)13-8-4-2-5-9-13;1-13-6-5-9-3-4(8)12(5)11-7(10-6)14-2;1-2-4-5-3-1;1-3-2;1-2-3/h4-14,18,20,35H,15H2,1-3H3;2-11,15-16H,12H2,1H3;3H,1-2H3;1-4H2;3H2,1-2H3;3H,2H2,1H3/t18-,20-,26-,27?;15-,16-,20-;;;;/m11..../s1. The Balaban J connectivity index is 0.000000220. The summed E-state index contributed by atoms with van der Waals surface area (Å²) in [6.07, 6.45) is 8.44. The Hall–Kier alpha value is -7.09. The van der Waals surface area contributed by atoms with Gasteiger partial charge < -0.3 is 43.4 Å². The molecule has 492 valence electrons. The molecule has 0 aliphatic carbocycles. The number of esters is 5. The van der Waals surface area contributed by atoms with Gasteiger partial charge in [-0.25, -0.2) is 61.7 Å². The van der Waals surface area contributed by atoms with Gasteiger partial charge in [0.15, 0.2) is 29.6 Å². The molecule has 1 unspecified atom stereocenters. The summed E-state index contributed by atoms with van der Waals surface area (Å²) in [6.45, 7) is 9.25. The molecular formula is C63H71BrF2N8O14S4. The summed E-state index contributed by atoms with van der Waals surface area (Å²) in [5.74, 6) is -6.86. The van der Waals surface area contributed by atoms with Crippen molar-refractivity contribution in [3.63, 3.8) is 0 Å². The number of hydrogen-bond acceptors (Lipinski definition) is 24. The van der Waals surface area contributed by atoms with Crippen molar-refractivity contribution < 1.29 is 76.1 Å². The van der Waals surface area contributed by atoms with E-state index < -0.39 is 84.6 Å². The van der Waals surface area contributed by atoms with Crippen LogP contribution in [0, 0.1) is 0 Å². The number of aliphatic hydroxyl groups excluding tert-OH is 1. The molecule has 0 radical (unpaired) electrons. The molecule has 0 amide bonds. The highest BCUT2D eigenvalue weighted by Crippen LogP contribution is 2.50. The molecule has 3 fully saturated rings. The number of benzene rings is 4. The zero-order valence-electron chi connectivity index (χ0n) is 51.8. The van der Waals surface area contributed by atoms with Crippen molar-refractivity contribution in [3.05, 3.63) is 166 Å². The number of fused-ring (bicyclic) bond motifs is 2. The Kier molecular flexibility index (Phi) is 28.8. The van der Waals surface area contributed by atoms with Crippen LogP contribution in [0.4, 0.5) is 8.78 Å². The minimum atomic E-state index is -2.73. The summed E-state index contributed by atoms with van der Waals surface area (Å²) in [5, 5.41) is 30.6. The Morgan fingerprint density at radius 3 is 1.42 bits per heavy atom. The van der Waals surface area contributed by atoms with E-state index in [9.17, 15) is 33.5 Å². The van der Waals surface area contributed by atoms with Crippen LogP contribution >= 0.6 is 63.0 Å². The van der Waals surface area contributed by atoms with Crippen molar-refractivity contribution in [3.8, 4) is 0 Å². The summed E-state index contributed by atoms with van der Waals surface area (Å²) < 4.78 is 72.5. The molecule has 8 aromatic rings. The predicted molar refractivity (Wildman–Crippen MR) is 348 cm³/mol. The van der Waals surface area contributed by atoms with E-state index in [-0.39, 0.29) is 34.6 Å². The molecule has 0 bridgehead atoms. The molecule has 92 heavy (non-hydrogen) atoms. The summed E-state index contributed by atoms with van der Waals surface area (Å²) in [4.78, 5) is 79.0. The third kappa shape index (κ3) is 18.8. The van der Waals surface area contributed by atoms with Crippen LogP contribution in [-0.4, -0.2) is 173 Å². The molecule has 22 nitrogen and oxygen atoms in total. The highest BCUT2D eigenvalue weighted by Gasteiger charge is 2.68. The molecule has 3 saturated heterocycles. The number of nitrogens with zero attached hydrogens (tertiary/aromatic N) is 8. The van der Waals surface area contributed by atoms with Crippen LogP contribution in [0.15, 0.2) is 159 Å². The van der Waals surface area contributed by atoms with Gasteiger partial charge in [0.1, 0.15) is 39.7 Å².